The van der Waals surface area contributed by atoms with Gasteiger partial charge in [0.1, 0.15) is 76.0 Å². The lowest BCUT2D eigenvalue weighted by atomic mass is 10.1. The summed E-state index contributed by atoms with van der Waals surface area (Å²) in [6, 6.07) is 60.4. The number of nitrogens with two attached hydrogens (primary N) is 2. The number of para-hydroxylation sites is 5. The number of phenols is 3. The molecular formula is C73H78N10O7. The van der Waals surface area contributed by atoms with E-state index < -0.39 is 5.97 Å². The average molecular weight is 1210 g/mol. The molecule has 0 unspecified atom stereocenters. The minimum Gasteiger partial charge on any atom is -0.506 e. The maximum Gasteiger partial charge on any atom is 0.303 e. The molecule has 0 saturated carbocycles. The topological polar surface area (TPSA) is 255 Å². The summed E-state index contributed by atoms with van der Waals surface area (Å²) in [7, 11) is 0. The largest absolute Gasteiger partial charge is 0.506 e. The summed E-state index contributed by atoms with van der Waals surface area (Å²) in [5.74, 6) is 3.54. The van der Waals surface area contributed by atoms with Gasteiger partial charge in [-0.3, -0.25) is 24.7 Å². The number of phenolic OH excluding ortho intramolecular Hbond substituents is 3. The summed E-state index contributed by atoms with van der Waals surface area (Å²) >= 11 is 0. The monoisotopic (exact) mass is 1210 g/mol. The third-order valence-electron chi connectivity index (χ3n) is 14.6. The van der Waals surface area contributed by atoms with Gasteiger partial charge in [0.05, 0.1) is 46.9 Å². The van der Waals surface area contributed by atoms with Crippen LogP contribution in [-0.2, 0) is 56.8 Å². The van der Waals surface area contributed by atoms with Crippen LogP contribution in [0.3, 0.4) is 0 Å². The van der Waals surface area contributed by atoms with Crippen LogP contribution in [0.4, 0.5) is 22.7 Å². The SMILES string of the molecule is CCC(=O)O.CCC1=Nc2c(O)cccc2C1.CCC1=Nc2c(cccc2OCc2ccccc2)C1.CCc1nc2c(O)cccc2n1Cc1ccccn1.CCc1nc2c(OCc3ccccc3)cccc2n1Cc1ccccn1.Nc1cccc(O)c1N. The minimum absolute atomic E-state index is 0.0370. The molecule has 8 N–H and O–H groups in total. The highest BCUT2D eigenvalue weighted by molar-refractivity contribution is 5.95. The molecule has 0 spiro atoms. The molecule has 462 valence electrons. The molecule has 90 heavy (non-hydrogen) atoms. The molecule has 7 aromatic carbocycles. The predicted molar refractivity (Wildman–Crippen MR) is 360 cm³/mol. The predicted octanol–water partition coefficient (Wildman–Crippen LogP) is 15.1. The fourth-order valence-electron chi connectivity index (χ4n) is 9.75. The first-order valence-electron chi connectivity index (χ1n) is 30.2. The number of aromatic hydroxyl groups is 3. The number of aliphatic imine (C=N–C) groups is 2. The van der Waals surface area contributed by atoms with Crippen LogP contribution in [0.5, 0.6) is 28.7 Å². The number of rotatable bonds is 15. The molecule has 11 aromatic rings. The summed E-state index contributed by atoms with van der Waals surface area (Å²) in [4.78, 5) is 36.5. The van der Waals surface area contributed by atoms with E-state index in [-0.39, 0.29) is 23.6 Å². The van der Waals surface area contributed by atoms with Gasteiger partial charge in [-0.05, 0) is 108 Å². The van der Waals surface area contributed by atoms with Crippen LogP contribution in [0.15, 0.2) is 210 Å². The van der Waals surface area contributed by atoms with Crippen molar-refractivity contribution in [1.29, 1.82) is 0 Å². The van der Waals surface area contributed by atoms with Gasteiger partial charge in [-0.25, -0.2) is 9.97 Å². The van der Waals surface area contributed by atoms with Crippen molar-refractivity contribution in [1.82, 2.24) is 29.1 Å². The van der Waals surface area contributed by atoms with Crippen molar-refractivity contribution in [3.05, 3.63) is 246 Å². The summed E-state index contributed by atoms with van der Waals surface area (Å²) in [5, 5.41) is 35.9. The third-order valence-corrected chi connectivity index (χ3v) is 14.6. The van der Waals surface area contributed by atoms with E-state index in [1.54, 1.807) is 37.4 Å². The Morgan fingerprint density at radius 3 is 1.42 bits per heavy atom. The Bertz CT molecular complexity index is 4140. The molecule has 13 rings (SSSR count). The van der Waals surface area contributed by atoms with Gasteiger partial charge >= 0.3 is 5.97 Å². The maximum atomic E-state index is 9.88. The molecule has 0 fully saturated rings. The number of ether oxygens (including phenoxy) is 2. The number of carboxylic acid groups (broad SMARTS) is 1. The van der Waals surface area contributed by atoms with E-state index in [1.807, 2.05) is 128 Å². The van der Waals surface area contributed by atoms with Crippen molar-refractivity contribution in [2.75, 3.05) is 11.5 Å². The van der Waals surface area contributed by atoms with E-state index in [0.717, 1.165) is 118 Å². The van der Waals surface area contributed by atoms with Gasteiger partial charge in [0.2, 0.25) is 0 Å². The molecular weight excluding hydrogens is 1130 g/mol. The highest BCUT2D eigenvalue weighted by Gasteiger charge is 2.19. The number of benzene rings is 7. The maximum absolute atomic E-state index is 9.88. The molecule has 17 heteroatoms. The van der Waals surface area contributed by atoms with Crippen molar-refractivity contribution in [2.24, 2.45) is 9.98 Å². The molecule has 6 heterocycles. The Morgan fingerprint density at radius 1 is 0.478 bits per heavy atom. The molecule has 2 aliphatic heterocycles. The lowest BCUT2D eigenvalue weighted by Crippen LogP contribution is -2.05. The molecule has 0 atom stereocenters. The Balaban J connectivity index is 0.000000148. The van der Waals surface area contributed by atoms with Crippen molar-refractivity contribution in [3.63, 3.8) is 0 Å². The first-order valence-corrected chi connectivity index (χ1v) is 30.2. The Hall–Kier alpha value is -10.8. The second kappa shape index (κ2) is 32.8. The molecule has 4 aromatic heterocycles. The smallest absolute Gasteiger partial charge is 0.303 e. The van der Waals surface area contributed by atoms with Crippen LogP contribution in [0, 0.1) is 0 Å². The lowest BCUT2D eigenvalue weighted by Gasteiger charge is -2.09. The van der Waals surface area contributed by atoms with Crippen LogP contribution in [-0.4, -0.2) is 66.9 Å². The molecule has 0 amide bonds. The number of aromatic nitrogens is 6. The molecule has 17 nitrogen and oxygen atoms in total. The lowest BCUT2D eigenvalue weighted by molar-refractivity contribution is -0.136. The van der Waals surface area contributed by atoms with Gasteiger partial charge < -0.3 is 50.5 Å². The third kappa shape index (κ3) is 17.7. The van der Waals surface area contributed by atoms with Gasteiger partial charge in [-0.2, -0.15) is 0 Å². The first-order chi connectivity index (χ1) is 43.8. The Kier molecular flexibility index (Phi) is 23.7. The molecule has 0 bridgehead atoms. The zero-order valence-electron chi connectivity index (χ0n) is 51.6. The van der Waals surface area contributed by atoms with Crippen LogP contribution in [0.2, 0.25) is 0 Å². The number of nitrogens with zero attached hydrogens (tertiary/aromatic N) is 8. The average Bonchev–Trinajstić information content (AvgIpc) is 1.85. The van der Waals surface area contributed by atoms with Crippen molar-refractivity contribution in [3.8, 4) is 28.7 Å². The number of hydrogen-bond donors (Lipinski definition) is 6. The number of anilines is 2. The summed E-state index contributed by atoms with van der Waals surface area (Å²) < 4.78 is 16.3. The quantitative estimate of drug-likeness (QED) is 0.0413. The van der Waals surface area contributed by atoms with Gasteiger partial charge in [-0.1, -0.05) is 150 Å². The first kappa shape index (κ1) is 65.2. The highest BCUT2D eigenvalue weighted by Crippen LogP contribution is 2.38. The van der Waals surface area contributed by atoms with Gasteiger partial charge in [0, 0.05) is 55.9 Å². The number of carbonyl (C=O) groups is 1. The number of fused-ring (bicyclic) bond motifs is 4. The van der Waals surface area contributed by atoms with Crippen LogP contribution < -0.4 is 20.9 Å². The fourth-order valence-corrected chi connectivity index (χ4v) is 9.75. The molecule has 0 saturated heterocycles. The number of pyridine rings is 2. The number of aryl methyl sites for hydroxylation is 2. The summed E-state index contributed by atoms with van der Waals surface area (Å²) in [6.45, 7) is 12.5. The van der Waals surface area contributed by atoms with E-state index >= 15 is 0 Å². The number of hydrogen-bond acceptors (Lipinski definition) is 14. The zero-order valence-corrected chi connectivity index (χ0v) is 51.6. The van der Waals surface area contributed by atoms with Crippen LogP contribution >= 0.6 is 0 Å². The summed E-state index contributed by atoms with van der Waals surface area (Å²) in [5.41, 5.74) is 25.9. The molecule has 0 aliphatic carbocycles. The Morgan fingerprint density at radius 2 is 0.922 bits per heavy atom. The fraction of sp³-hybridized carbons (Fsp3) is 0.219. The number of imidazole rings is 2. The van der Waals surface area contributed by atoms with Gasteiger partial charge in [-0.15, -0.1) is 0 Å². The van der Waals surface area contributed by atoms with Crippen LogP contribution in [0.1, 0.15) is 99.2 Å². The number of carboxylic acids is 1. The van der Waals surface area contributed by atoms with E-state index in [4.69, 9.17) is 36.1 Å². The zero-order chi connectivity index (χ0) is 63.8. The van der Waals surface area contributed by atoms with E-state index in [2.05, 4.69) is 98.2 Å². The Labute approximate surface area is 525 Å². The second-order valence-electron chi connectivity index (χ2n) is 20.9. The van der Waals surface area contributed by atoms with Gasteiger partial charge in [0.15, 0.2) is 0 Å². The van der Waals surface area contributed by atoms with Gasteiger partial charge in [0.25, 0.3) is 0 Å². The summed E-state index contributed by atoms with van der Waals surface area (Å²) in [6.07, 6.45) is 9.36. The molecule has 0 radical (unpaired) electrons. The molecule has 2 aliphatic rings. The van der Waals surface area contributed by atoms with E-state index in [1.165, 1.54) is 22.9 Å². The van der Waals surface area contributed by atoms with Crippen molar-refractivity contribution < 1.29 is 34.7 Å². The van der Waals surface area contributed by atoms with Crippen LogP contribution in [0.25, 0.3) is 22.1 Å². The standard InChI is InChI=1S/C22H21N3O.C17H17NO.C15H15N3O.C10H11NO.C6H8N2O.C3H6O2/c1-2-21-24-22-19(25(21)15-18-11-6-7-14-23-18)12-8-13-20(22)26-16-17-9-4-3-5-10-17;1-2-15-11-14-9-6-10-16(17(14)18-15)19-12-13-7-4-3-5-8-13;1-2-14-17-15-12(7-5-8-13(15)19)18(14)10-11-6-3-4-9-16-11;1-2-8-6-7-4-3-5-9(12)10(7)11-8;7-4-2-1-3-5(9)6(4)8;1-2-3(4)5/h3-14H,2,15-16H2,1H3;3-10H,2,11-12H2,1H3;3-9,19H,2,10H2,1H3;3-5,12H,2,6H2,1H3;1-3,9H,7-8H2;2H2,1H3,(H,4,5). The minimum atomic E-state index is -0.745. The van der Waals surface area contributed by atoms with Crippen molar-refractivity contribution >= 4 is 62.2 Å². The number of nitrogen functional groups attached to an aromatic ring is 2. The normalized spacial score (nSPS) is 11.5. The second-order valence-corrected chi connectivity index (χ2v) is 20.9. The number of aliphatic carboxylic acids is 1. The van der Waals surface area contributed by atoms with E-state index in [9.17, 15) is 15.0 Å². The van der Waals surface area contributed by atoms with E-state index in [0.29, 0.717) is 43.3 Å². The highest BCUT2D eigenvalue weighted by atomic mass is 16.5. The van der Waals surface area contributed by atoms with Crippen molar-refractivity contribution in [2.45, 2.75) is 106 Å².